The van der Waals surface area contributed by atoms with E-state index in [1.165, 1.54) is 17.4 Å². The Morgan fingerprint density at radius 3 is 2.76 bits per heavy atom. The Morgan fingerprint density at radius 1 is 1.24 bits per heavy atom. The molecule has 10 nitrogen and oxygen atoms in total. The van der Waals surface area contributed by atoms with Gasteiger partial charge in [0.1, 0.15) is 12.1 Å². The molecule has 0 atom stereocenters. The van der Waals surface area contributed by atoms with E-state index in [2.05, 4.69) is 31.9 Å². The molecular formula is C19H31N7O3. The smallest absolute Gasteiger partial charge is 0.328 e. The first kappa shape index (κ1) is 21.1. The van der Waals surface area contributed by atoms with E-state index in [9.17, 15) is 4.79 Å². The third-order valence-corrected chi connectivity index (χ3v) is 5.00. The minimum absolute atomic E-state index is 0.174. The van der Waals surface area contributed by atoms with E-state index >= 15 is 0 Å². The fraction of sp³-hybridized carbons (Fsp3) is 0.684. The average molecular weight is 406 g/mol. The Bertz CT molecular complexity index is 884. The Morgan fingerprint density at radius 2 is 2.03 bits per heavy atom. The van der Waals surface area contributed by atoms with Crippen molar-refractivity contribution < 1.29 is 9.57 Å². The number of nitrogens with two attached hydrogens (primary N) is 1. The van der Waals surface area contributed by atoms with Crippen LogP contribution in [0.25, 0.3) is 11.2 Å². The number of hydrogen-bond donors (Lipinski definition) is 2. The molecule has 0 unspecified atom stereocenters. The van der Waals surface area contributed by atoms with Crippen LogP contribution in [-0.4, -0.2) is 63.0 Å². The number of aromatic amines is 1. The minimum atomic E-state index is -0.315. The van der Waals surface area contributed by atoms with E-state index in [1.807, 2.05) is 6.92 Å². The fourth-order valence-corrected chi connectivity index (χ4v) is 3.25. The Hall–Kier alpha value is -2.62. The van der Waals surface area contributed by atoms with E-state index in [-0.39, 0.29) is 24.1 Å². The van der Waals surface area contributed by atoms with Crippen LogP contribution < -0.4 is 16.2 Å². The van der Waals surface area contributed by atoms with Crippen LogP contribution in [0.15, 0.2) is 9.95 Å². The van der Waals surface area contributed by atoms with Crippen molar-refractivity contribution in [3.8, 4) is 6.01 Å². The van der Waals surface area contributed by atoms with Crippen LogP contribution in [0.1, 0.15) is 46.0 Å². The molecule has 1 saturated heterocycles. The van der Waals surface area contributed by atoms with Crippen molar-refractivity contribution >= 4 is 22.7 Å². The van der Waals surface area contributed by atoms with Crippen molar-refractivity contribution in [3.05, 3.63) is 10.5 Å². The molecule has 3 N–H and O–H groups in total. The first-order chi connectivity index (χ1) is 14.1. The highest BCUT2D eigenvalue weighted by atomic mass is 16.6. The Labute approximate surface area is 170 Å². The molecule has 3 rings (SSSR count). The highest BCUT2D eigenvalue weighted by Gasteiger charge is 2.16. The summed E-state index contributed by atoms with van der Waals surface area (Å²) in [5.74, 6) is 0.189. The summed E-state index contributed by atoms with van der Waals surface area (Å²) >= 11 is 0. The van der Waals surface area contributed by atoms with Gasteiger partial charge in [0.05, 0.1) is 18.9 Å². The maximum Gasteiger partial charge on any atom is 0.328 e. The van der Waals surface area contributed by atoms with Gasteiger partial charge in [-0.2, -0.15) is 9.97 Å². The van der Waals surface area contributed by atoms with Crippen LogP contribution in [0, 0.1) is 0 Å². The summed E-state index contributed by atoms with van der Waals surface area (Å²) in [6.07, 6.45) is 5.05. The topological polar surface area (TPSA) is 124 Å². The van der Waals surface area contributed by atoms with Crippen LogP contribution in [0.5, 0.6) is 6.01 Å². The van der Waals surface area contributed by atoms with E-state index in [4.69, 9.17) is 15.3 Å². The quantitative estimate of drug-likeness (QED) is 0.332. The second-order valence-corrected chi connectivity index (χ2v) is 7.20. The predicted molar refractivity (Wildman–Crippen MR) is 112 cm³/mol. The van der Waals surface area contributed by atoms with E-state index in [1.54, 1.807) is 0 Å². The molecule has 2 aromatic heterocycles. The fourth-order valence-electron chi connectivity index (χ4n) is 3.25. The number of nitrogens with one attached hydrogen (secondary N) is 1. The lowest BCUT2D eigenvalue weighted by atomic mass is 10.3. The number of ether oxygens (including phenoxy) is 1. The van der Waals surface area contributed by atoms with Gasteiger partial charge in [0.25, 0.3) is 0 Å². The molecular weight excluding hydrogens is 374 g/mol. The first-order valence-electron chi connectivity index (χ1n) is 10.4. The lowest BCUT2D eigenvalue weighted by Crippen LogP contribution is -2.24. The maximum atomic E-state index is 12.5. The summed E-state index contributed by atoms with van der Waals surface area (Å²) in [6, 6.07) is 0.174. The van der Waals surface area contributed by atoms with Crippen molar-refractivity contribution in [1.82, 2.24) is 24.4 Å². The number of oxime groups is 1. The molecule has 0 spiro atoms. The zero-order valence-corrected chi connectivity index (χ0v) is 17.3. The van der Waals surface area contributed by atoms with Crippen molar-refractivity contribution in [2.45, 2.75) is 52.5 Å². The molecule has 160 valence electrons. The van der Waals surface area contributed by atoms with Crippen LogP contribution in [-0.2, 0) is 11.4 Å². The molecule has 0 amide bonds. The minimum Gasteiger partial charge on any atom is -0.463 e. The highest BCUT2D eigenvalue weighted by Crippen LogP contribution is 2.18. The zero-order chi connectivity index (χ0) is 20.6. The molecule has 0 aromatic carbocycles. The van der Waals surface area contributed by atoms with E-state index < -0.39 is 0 Å². The highest BCUT2D eigenvalue weighted by molar-refractivity contribution is 5.87. The van der Waals surface area contributed by atoms with Crippen LogP contribution in [0.4, 0.5) is 5.82 Å². The van der Waals surface area contributed by atoms with Gasteiger partial charge >= 0.3 is 11.7 Å². The van der Waals surface area contributed by atoms with Crippen LogP contribution >= 0.6 is 0 Å². The number of imidazole rings is 1. The molecule has 29 heavy (non-hydrogen) atoms. The lowest BCUT2D eigenvalue weighted by molar-refractivity contribution is 0.117. The van der Waals surface area contributed by atoms with Crippen LogP contribution in [0.2, 0.25) is 0 Å². The number of unbranched alkanes of at least 4 members (excludes halogenated alkanes) is 1. The number of aromatic nitrogens is 4. The summed E-state index contributed by atoms with van der Waals surface area (Å²) < 4.78 is 7.06. The molecule has 0 bridgehead atoms. The second-order valence-electron chi connectivity index (χ2n) is 7.20. The molecule has 0 saturated carbocycles. The summed E-state index contributed by atoms with van der Waals surface area (Å²) in [4.78, 5) is 31.6. The van der Waals surface area contributed by atoms with Crippen molar-refractivity contribution in [2.75, 3.05) is 38.6 Å². The number of anilines is 1. The van der Waals surface area contributed by atoms with E-state index in [0.29, 0.717) is 30.8 Å². The standard InChI is InChI=1S/C19H31N7O3/c1-3-5-11-28-18-22-16(20)15-17(23-18)26(19(27)21-15)13-14(4-2)24-29-12-10-25-8-6-7-9-25/h3-13H2,1-2H3,(H,21,27)(H2,20,22,23)/b24-14+. The SMILES string of the molecule is CCCCOc1nc(N)c2[nH]c(=O)n(C/C(CC)=N/OCCN3CCCC3)c2n1. The normalized spacial score (nSPS) is 15.3. The molecule has 0 aliphatic carbocycles. The monoisotopic (exact) mass is 405 g/mol. The van der Waals surface area contributed by atoms with Gasteiger partial charge in [0.2, 0.25) is 0 Å². The van der Waals surface area contributed by atoms with Crippen molar-refractivity contribution in [2.24, 2.45) is 5.16 Å². The number of rotatable bonds is 11. The van der Waals surface area contributed by atoms with Gasteiger partial charge in [0, 0.05) is 6.54 Å². The van der Waals surface area contributed by atoms with E-state index in [0.717, 1.165) is 38.2 Å². The van der Waals surface area contributed by atoms with Gasteiger partial charge in [-0.1, -0.05) is 25.4 Å². The third kappa shape index (κ3) is 5.47. The Kier molecular flexibility index (Phi) is 7.45. The summed E-state index contributed by atoms with van der Waals surface area (Å²) in [5, 5.41) is 4.24. The van der Waals surface area contributed by atoms with Crippen molar-refractivity contribution in [1.29, 1.82) is 0 Å². The number of H-pyrrole nitrogens is 1. The maximum absolute atomic E-state index is 12.5. The summed E-state index contributed by atoms with van der Waals surface area (Å²) in [7, 11) is 0. The van der Waals surface area contributed by atoms with Gasteiger partial charge in [-0.15, -0.1) is 0 Å². The van der Waals surface area contributed by atoms with Gasteiger partial charge in [-0.3, -0.25) is 9.47 Å². The second kappa shape index (κ2) is 10.2. The predicted octanol–water partition coefficient (Wildman–Crippen LogP) is 1.76. The number of likely N-dealkylation sites (tertiary alicyclic amines) is 1. The summed E-state index contributed by atoms with van der Waals surface area (Å²) in [6.45, 7) is 8.49. The lowest BCUT2D eigenvalue weighted by Gasteiger charge is -2.13. The number of nitrogen functional groups attached to an aromatic ring is 1. The Balaban J connectivity index is 1.71. The largest absolute Gasteiger partial charge is 0.463 e. The zero-order valence-electron chi connectivity index (χ0n) is 17.3. The number of fused-ring (bicyclic) bond motifs is 1. The van der Waals surface area contributed by atoms with Gasteiger partial charge < -0.3 is 20.3 Å². The summed E-state index contributed by atoms with van der Waals surface area (Å²) in [5.41, 5.74) is 7.24. The molecule has 1 aliphatic heterocycles. The first-order valence-corrected chi connectivity index (χ1v) is 10.4. The number of nitrogens with zero attached hydrogens (tertiary/aromatic N) is 5. The third-order valence-electron chi connectivity index (χ3n) is 5.00. The molecule has 3 heterocycles. The van der Waals surface area contributed by atoms with Gasteiger partial charge in [-0.05, 0) is 38.8 Å². The number of hydrogen-bond acceptors (Lipinski definition) is 8. The molecule has 2 aromatic rings. The molecule has 1 fully saturated rings. The van der Waals surface area contributed by atoms with Gasteiger partial charge in [-0.25, -0.2) is 4.79 Å². The molecule has 1 aliphatic rings. The average Bonchev–Trinajstić information content (AvgIpc) is 3.33. The van der Waals surface area contributed by atoms with Gasteiger partial charge in [0.15, 0.2) is 11.5 Å². The molecule has 10 heteroatoms. The molecule has 0 radical (unpaired) electrons. The van der Waals surface area contributed by atoms with Crippen LogP contribution in [0.3, 0.4) is 0 Å². The van der Waals surface area contributed by atoms with Crippen molar-refractivity contribution in [3.63, 3.8) is 0 Å².